The quantitative estimate of drug-likeness (QED) is 0.798. The highest BCUT2D eigenvalue weighted by atomic mass is 32.1. The predicted molar refractivity (Wildman–Crippen MR) is 59.3 cm³/mol. The number of nitrogens with zero attached hydrogens (tertiary/aromatic N) is 1. The van der Waals surface area contributed by atoms with Crippen LogP contribution < -0.4 is 5.32 Å². The lowest BCUT2D eigenvalue weighted by Gasteiger charge is -2.14. The Bertz CT molecular complexity index is 272. The molecule has 1 N–H and O–H groups in total. The second-order valence-corrected chi connectivity index (χ2v) is 4.12. The lowest BCUT2D eigenvalue weighted by molar-refractivity contribution is -0.128. The Morgan fingerprint density at radius 3 is 3.00 bits per heavy atom. The fourth-order valence-electron chi connectivity index (χ4n) is 1.02. The predicted octanol–water partition coefficient (Wildman–Crippen LogP) is 1.32. The number of hydrogen-bond acceptors (Lipinski definition) is 3. The lowest BCUT2D eigenvalue weighted by Crippen LogP contribution is -2.34. The van der Waals surface area contributed by atoms with Gasteiger partial charge in [-0.2, -0.15) is 0 Å². The average Bonchev–Trinajstić information content (AvgIpc) is 2.69. The van der Waals surface area contributed by atoms with E-state index in [2.05, 4.69) is 11.4 Å². The molecule has 0 aliphatic rings. The normalized spacial score (nSPS) is 10.1. The SMILES string of the molecule is CCN(C)C(=O)CNCc1cccs1. The summed E-state index contributed by atoms with van der Waals surface area (Å²) in [6.45, 7) is 3.93. The van der Waals surface area contributed by atoms with Crippen LogP contribution in [0, 0.1) is 0 Å². The molecule has 0 spiro atoms. The van der Waals surface area contributed by atoms with Crippen LogP contribution in [0.1, 0.15) is 11.8 Å². The number of nitrogens with one attached hydrogen (secondary N) is 1. The number of carbonyl (C=O) groups is 1. The zero-order chi connectivity index (χ0) is 10.4. The first-order valence-corrected chi connectivity index (χ1v) is 5.59. The van der Waals surface area contributed by atoms with Crippen molar-refractivity contribution in [3.8, 4) is 0 Å². The third kappa shape index (κ3) is 3.47. The van der Waals surface area contributed by atoms with Gasteiger partial charge in [-0.1, -0.05) is 6.07 Å². The first-order chi connectivity index (χ1) is 6.74. The first-order valence-electron chi connectivity index (χ1n) is 4.71. The van der Waals surface area contributed by atoms with Crippen molar-refractivity contribution in [1.82, 2.24) is 10.2 Å². The van der Waals surface area contributed by atoms with Gasteiger partial charge in [0, 0.05) is 25.0 Å². The topological polar surface area (TPSA) is 32.3 Å². The number of rotatable bonds is 5. The number of amides is 1. The van der Waals surface area contributed by atoms with Crippen molar-refractivity contribution in [2.75, 3.05) is 20.1 Å². The molecule has 0 aliphatic carbocycles. The van der Waals surface area contributed by atoms with Gasteiger partial charge in [-0.15, -0.1) is 11.3 Å². The molecule has 0 saturated carbocycles. The molecule has 0 aliphatic heterocycles. The molecule has 0 saturated heterocycles. The summed E-state index contributed by atoms with van der Waals surface area (Å²) in [7, 11) is 1.81. The van der Waals surface area contributed by atoms with Gasteiger partial charge in [0.25, 0.3) is 0 Å². The van der Waals surface area contributed by atoms with Gasteiger partial charge in [0.15, 0.2) is 0 Å². The van der Waals surface area contributed by atoms with E-state index in [0.717, 1.165) is 13.1 Å². The summed E-state index contributed by atoms with van der Waals surface area (Å²) in [5, 5.41) is 5.16. The fourth-order valence-corrected chi connectivity index (χ4v) is 1.69. The van der Waals surface area contributed by atoms with Gasteiger partial charge in [-0.05, 0) is 18.4 Å². The molecule has 0 bridgehead atoms. The molecule has 3 nitrogen and oxygen atoms in total. The summed E-state index contributed by atoms with van der Waals surface area (Å²) >= 11 is 1.70. The van der Waals surface area contributed by atoms with Crippen LogP contribution >= 0.6 is 11.3 Å². The second-order valence-electron chi connectivity index (χ2n) is 3.09. The highest BCUT2D eigenvalue weighted by Gasteiger charge is 2.04. The Kier molecular flexibility index (Phi) is 4.62. The maximum atomic E-state index is 11.4. The van der Waals surface area contributed by atoms with Crippen molar-refractivity contribution in [2.45, 2.75) is 13.5 Å². The summed E-state index contributed by atoms with van der Waals surface area (Å²) in [5.74, 6) is 0.143. The molecule has 1 rings (SSSR count). The van der Waals surface area contributed by atoms with Crippen LogP contribution in [0.15, 0.2) is 17.5 Å². The number of carbonyl (C=O) groups excluding carboxylic acids is 1. The molecule has 0 radical (unpaired) electrons. The van der Waals surface area contributed by atoms with Gasteiger partial charge < -0.3 is 10.2 Å². The Hall–Kier alpha value is -0.870. The van der Waals surface area contributed by atoms with Crippen LogP contribution in [0.4, 0.5) is 0 Å². The third-order valence-electron chi connectivity index (χ3n) is 2.06. The minimum absolute atomic E-state index is 0.143. The van der Waals surface area contributed by atoms with Crippen LogP contribution in [0.25, 0.3) is 0 Å². The number of likely N-dealkylation sites (N-methyl/N-ethyl adjacent to an activating group) is 1. The molecule has 0 aromatic carbocycles. The molecule has 0 atom stereocenters. The molecule has 1 amide bonds. The summed E-state index contributed by atoms with van der Waals surface area (Å²) in [5.41, 5.74) is 0. The van der Waals surface area contributed by atoms with Crippen molar-refractivity contribution in [1.29, 1.82) is 0 Å². The molecule has 78 valence electrons. The summed E-state index contributed by atoms with van der Waals surface area (Å²) in [4.78, 5) is 14.3. The van der Waals surface area contributed by atoms with E-state index in [0.29, 0.717) is 6.54 Å². The first kappa shape index (κ1) is 11.2. The van der Waals surface area contributed by atoms with Gasteiger partial charge >= 0.3 is 0 Å². The van der Waals surface area contributed by atoms with Crippen LogP contribution in [0.2, 0.25) is 0 Å². The van der Waals surface area contributed by atoms with Crippen molar-refractivity contribution in [3.63, 3.8) is 0 Å². The van der Waals surface area contributed by atoms with E-state index in [1.165, 1.54) is 4.88 Å². The van der Waals surface area contributed by atoms with Crippen molar-refractivity contribution in [3.05, 3.63) is 22.4 Å². The van der Waals surface area contributed by atoms with Crippen molar-refractivity contribution >= 4 is 17.2 Å². The second kappa shape index (κ2) is 5.78. The Morgan fingerprint density at radius 1 is 1.64 bits per heavy atom. The van der Waals surface area contributed by atoms with E-state index in [1.54, 1.807) is 16.2 Å². The van der Waals surface area contributed by atoms with Crippen LogP contribution in [0.3, 0.4) is 0 Å². The molecule has 0 unspecified atom stereocenters. The standard InChI is InChI=1S/C10H16N2OS/c1-3-12(2)10(13)8-11-7-9-5-4-6-14-9/h4-6,11H,3,7-8H2,1-2H3. The lowest BCUT2D eigenvalue weighted by atomic mass is 10.4. The molecule has 4 heteroatoms. The van der Waals surface area contributed by atoms with E-state index in [4.69, 9.17) is 0 Å². The van der Waals surface area contributed by atoms with Crippen LogP contribution in [0.5, 0.6) is 0 Å². The highest BCUT2D eigenvalue weighted by molar-refractivity contribution is 7.09. The Morgan fingerprint density at radius 2 is 2.43 bits per heavy atom. The third-order valence-corrected chi connectivity index (χ3v) is 2.93. The largest absolute Gasteiger partial charge is 0.345 e. The molecule has 0 fully saturated rings. The minimum atomic E-state index is 0.143. The molecule has 14 heavy (non-hydrogen) atoms. The number of hydrogen-bond donors (Lipinski definition) is 1. The average molecular weight is 212 g/mol. The number of thiophene rings is 1. The van der Waals surface area contributed by atoms with Gasteiger partial charge in [-0.3, -0.25) is 4.79 Å². The zero-order valence-electron chi connectivity index (χ0n) is 8.62. The molecular weight excluding hydrogens is 196 g/mol. The summed E-state index contributed by atoms with van der Waals surface area (Å²) < 4.78 is 0. The molecule has 1 aromatic rings. The zero-order valence-corrected chi connectivity index (χ0v) is 9.43. The van der Waals surface area contributed by atoms with Crippen molar-refractivity contribution in [2.24, 2.45) is 0 Å². The minimum Gasteiger partial charge on any atom is -0.345 e. The maximum Gasteiger partial charge on any atom is 0.236 e. The Balaban J connectivity index is 2.18. The van der Waals surface area contributed by atoms with E-state index in [1.807, 2.05) is 25.4 Å². The van der Waals surface area contributed by atoms with E-state index in [9.17, 15) is 4.79 Å². The van der Waals surface area contributed by atoms with E-state index >= 15 is 0 Å². The van der Waals surface area contributed by atoms with Gasteiger partial charge in [-0.25, -0.2) is 0 Å². The highest BCUT2D eigenvalue weighted by Crippen LogP contribution is 2.06. The molecule has 1 aromatic heterocycles. The van der Waals surface area contributed by atoms with Crippen LogP contribution in [-0.4, -0.2) is 30.9 Å². The van der Waals surface area contributed by atoms with Crippen LogP contribution in [-0.2, 0) is 11.3 Å². The van der Waals surface area contributed by atoms with Crippen molar-refractivity contribution < 1.29 is 4.79 Å². The smallest absolute Gasteiger partial charge is 0.236 e. The summed E-state index contributed by atoms with van der Waals surface area (Å²) in [6.07, 6.45) is 0. The van der Waals surface area contributed by atoms with Gasteiger partial charge in [0.05, 0.1) is 6.54 Å². The maximum absolute atomic E-state index is 11.4. The molecular formula is C10H16N2OS. The van der Waals surface area contributed by atoms with E-state index in [-0.39, 0.29) is 5.91 Å². The monoisotopic (exact) mass is 212 g/mol. The van der Waals surface area contributed by atoms with Gasteiger partial charge in [0.1, 0.15) is 0 Å². The summed E-state index contributed by atoms with van der Waals surface area (Å²) in [6, 6.07) is 4.08. The van der Waals surface area contributed by atoms with E-state index < -0.39 is 0 Å². The van der Waals surface area contributed by atoms with Gasteiger partial charge in [0.2, 0.25) is 5.91 Å². The molecule has 1 heterocycles. The fraction of sp³-hybridized carbons (Fsp3) is 0.500. The Labute approximate surface area is 88.7 Å².